The Morgan fingerprint density at radius 2 is 2.03 bits per heavy atom. The highest BCUT2D eigenvalue weighted by molar-refractivity contribution is 8.17. The number of nitrogens with zero attached hydrogens (tertiary/aromatic N) is 1. The molecule has 3 rings (SSSR count). The smallest absolute Gasteiger partial charge is 0.307 e. The minimum absolute atomic E-state index is 0.139. The average Bonchev–Trinajstić information content (AvgIpc) is 2.68. The van der Waals surface area contributed by atoms with E-state index in [2.05, 4.69) is 10.3 Å². The van der Waals surface area contributed by atoms with Crippen LogP contribution in [0, 0.1) is 0 Å². The summed E-state index contributed by atoms with van der Waals surface area (Å²) in [6.45, 7) is 2.11. The summed E-state index contributed by atoms with van der Waals surface area (Å²) in [6.07, 6.45) is 0.198. The second-order valence-corrected chi connectivity index (χ2v) is 9.08. The van der Waals surface area contributed by atoms with Crippen LogP contribution >= 0.6 is 46.7 Å². The van der Waals surface area contributed by atoms with Crippen molar-refractivity contribution in [3.8, 4) is 0 Å². The first-order valence-electron chi connectivity index (χ1n) is 8.84. The van der Waals surface area contributed by atoms with Gasteiger partial charge in [0.25, 0.3) is 0 Å². The Hall–Kier alpha value is -1.67. The minimum Gasteiger partial charge on any atom is -0.466 e. The predicted molar refractivity (Wildman–Crippen MR) is 122 cm³/mol. The average molecular weight is 469 g/mol. The first kappa shape index (κ1) is 22.0. The third kappa shape index (κ3) is 6.15. The number of anilines is 1. The van der Waals surface area contributed by atoms with E-state index >= 15 is 0 Å². The summed E-state index contributed by atoms with van der Waals surface area (Å²) in [7, 11) is 0. The van der Waals surface area contributed by atoms with Gasteiger partial charge < -0.3 is 10.1 Å². The Labute approximate surface area is 187 Å². The topological polar surface area (TPSA) is 67.8 Å². The Kier molecular flexibility index (Phi) is 7.89. The predicted octanol–water partition coefficient (Wildman–Crippen LogP) is 5.82. The highest BCUT2D eigenvalue weighted by Gasteiger charge is 2.27. The largest absolute Gasteiger partial charge is 0.466 e. The molecule has 152 valence electrons. The maximum atomic E-state index is 12.4. The molecule has 1 amide bonds. The molecule has 0 spiro atoms. The quantitative estimate of drug-likeness (QED) is 0.540. The number of fused-ring (bicyclic) bond motifs is 1. The van der Waals surface area contributed by atoms with E-state index in [9.17, 15) is 9.59 Å². The van der Waals surface area contributed by atoms with Crippen LogP contribution in [-0.2, 0) is 14.3 Å². The maximum Gasteiger partial charge on any atom is 0.307 e. The normalized spacial score (nSPS) is 15.3. The zero-order valence-corrected chi connectivity index (χ0v) is 18.6. The van der Waals surface area contributed by atoms with E-state index in [4.69, 9.17) is 27.9 Å². The van der Waals surface area contributed by atoms with E-state index < -0.39 is 0 Å². The number of carbonyl (C=O) groups excluding carboxylic acids is 2. The highest BCUT2D eigenvalue weighted by atomic mass is 35.5. The van der Waals surface area contributed by atoms with Gasteiger partial charge in [-0.1, -0.05) is 47.1 Å². The number of esters is 1. The van der Waals surface area contributed by atoms with Gasteiger partial charge in [-0.2, -0.15) is 0 Å². The van der Waals surface area contributed by atoms with Crippen molar-refractivity contribution < 1.29 is 14.3 Å². The summed E-state index contributed by atoms with van der Waals surface area (Å²) in [5.41, 5.74) is 1.33. The second kappa shape index (κ2) is 10.4. The number of benzene rings is 2. The number of ether oxygens (including phenoxy) is 1. The Morgan fingerprint density at radius 1 is 1.24 bits per heavy atom. The van der Waals surface area contributed by atoms with Gasteiger partial charge in [0.05, 0.1) is 45.5 Å². The van der Waals surface area contributed by atoms with Gasteiger partial charge >= 0.3 is 5.97 Å². The van der Waals surface area contributed by atoms with Gasteiger partial charge in [0.2, 0.25) is 5.91 Å². The van der Waals surface area contributed by atoms with Crippen LogP contribution in [0.15, 0.2) is 52.4 Å². The molecule has 0 aromatic heterocycles. The van der Waals surface area contributed by atoms with Crippen molar-refractivity contribution in [1.29, 1.82) is 0 Å². The lowest BCUT2D eigenvalue weighted by atomic mass is 10.3. The number of para-hydroxylation sites is 1. The summed E-state index contributed by atoms with van der Waals surface area (Å²) < 4.78 is 5.09. The Morgan fingerprint density at radius 3 is 2.79 bits per heavy atom. The van der Waals surface area contributed by atoms with E-state index in [-0.39, 0.29) is 29.3 Å². The number of carbonyl (C=O) groups is 2. The first-order chi connectivity index (χ1) is 14.0. The van der Waals surface area contributed by atoms with Crippen LogP contribution in [0.2, 0.25) is 10.0 Å². The number of rotatable bonds is 6. The van der Waals surface area contributed by atoms with Crippen molar-refractivity contribution in [2.75, 3.05) is 17.7 Å². The van der Waals surface area contributed by atoms with Gasteiger partial charge in [-0.3, -0.25) is 9.59 Å². The van der Waals surface area contributed by atoms with Crippen molar-refractivity contribution in [3.05, 3.63) is 52.5 Å². The molecule has 29 heavy (non-hydrogen) atoms. The fourth-order valence-corrected chi connectivity index (χ4v) is 5.24. The molecule has 5 nitrogen and oxygen atoms in total. The number of aliphatic imine (C=N–C) groups is 1. The molecule has 9 heteroatoms. The van der Waals surface area contributed by atoms with Gasteiger partial charge in [-0.25, -0.2) is 4.99 Å². The monoisotopic (exact) mass is 468 g/mol. The molecule has 1 atom stereocenters. The fourth-order valence-electron chi connectivity index (χ4n) is 2.59. The van der Waals surface area contributed by atoms with Crippen LogP contribution < -0.4 is 5.32 Å². The van der Waals surface area contributed by atoms with E-state index in [0.29, 0.717) is 22.3 Å². The first-order valence-corrected chi connectivity index (χ1v) is 11.5. The van der Waals surface area contributed by atoms with Crippen LogP contribution in [0.25, 0.3) is 0 Å². The van der Waals surface area contributed by atoms with Crippen molar-refractivity contribution in [3.63, 3.8) is 0 Å². The number of thioether (sulfide) groups is 2. The Balaban J connectivity index is 1.69. The van der Waals surface area contributed by atoms with E-state index in [1.165, 1.54) is 11.8 Å². The number of amides is 1. The van der Waals surface area contributed by atoms with Crippen LogP contribution in [0.3, 0.4) is 0 Å². The number of hydrogen-bond acceptors (Lipinski definition) is 6. The van der Waals surface area contributed by atoms with Gasteiger partial charge in [0.15, 0.2) is 0 Å². The maximum absolute atomic E-state index is 12.4. The summed E-state index contributed by atoms with van der Waals surface area (Å²) >= 11 is 14.8. The molecule has 2 aromatic carbocycles. The molecule has 1 aliphatic heterocycles. The zero-order valence-electron chi connectivity index (χ0n) is 15.5. The summed E-state index contributed by atoms with van der Waals surface area (Å²) in [5.74, 6) is -0.365. The van der Waals surface area contributed by atoms with Crippen LogP contribution in [-0.4, -0.2) is 34.5 Å². The van der Waals surface area contributed by atoms with Crippen LogP contribution in [0.4, 0.5) is 11.4 Å². The van der Waals surface area contributed by atoms with Gasteiger partial charge in [0, 0.05) is 9.92 Å². The lowest BCUT2D eigenvalue weighted by Gasteiger charge is -2.23. The molecule has 0 bridgehead atoms. The molecule has 0 unspecified atom stereocenters. The summed E-state index contributed by atoms with van der Waals surface area (Å²) in [4.78, 5) is 30.1. The van der Waals surface area contributed by atoms with Crippen molar-refractivity contribution >= 4 is 75.0 Å². The number of nitrogens with one attached hydrogen (secondary N) is 1. The SMILES string of the molecule is CCOC(=O)C[C@@H]1Sc2ccccc2N=C1SCC(=O)Nc1ccc(Cl)cc1Cl. The zero-order chi connectivity index (χ0) is 20.8. The molecule has 1 aliphatic rings. The lowest BCUT2D eigenvalue weighted by molar-refractivity contribution is -0.142. The molecular weight excluding hydrogens is 451 g/mol. The van der Waals surface area contributed by atoms with Crippen molar-refractivity contribution in [2.24, 2.45) is 4.99 Å². The number of halogens is 2. The molecule has 0 aliphatic carbocycles. The fraction of sp³-hybridized carbons (Fsp3) is 0.250. The molecule has 0 fully saturated rings. The number of hydrogen-bond donors (Lipinski definition) is 1. The van der Waals surface area contributed by atoms with Gasteiger partial charge in [-0.15, -0.1) is 11.8 Å². The Bertz CT molecular complexity index is 953. The second-order valence-electron chi connectivity index (χ2n) is 5.99. The molecule has 0 radical (unpaired) electrons. The summed E-state index contributed by atoms with van der Waals surface area (Å²) in [6, 6.07) is 12.6. The molecule has 2 aromatic rings. The standard InChI is InChI=1S/C20H18Cl2N2O3S2/c1-2-27-19(26)10-17-20(24-15-5-3-4-6-16(15)29-17)28-11-18(25)23-14-8-7-12(21)9-13(14)22/h3-9,17H,2,10-11H2,1H3,(H,23,25)/t17-/m0/s1. The molecule has 1 N–H and O–H groups in total. The van der Waals surface area contributed by atoms with Gasteiger partial charge in [0.1, 0.15) is 0 Å². The molecule has 0 saturated carbocycles. The van der Waals surface area contributed by atoms with Crippen molar-refractivity contribution in [1.82, 2.24) is 0 Å². The molecule has 1 heterocycles. The van der Waals surface area contributed by atoms with E-state index in [0.717, 1.165) is 15.6 Å². The van der Waals surface area contributed by atoms with Gasteiger partial charge in [-0.05, 0) is 37.3 Å². The molecule has 0 saturated heterocycles. The van der Waals surface area contributed by atoms with E-state index in [1.54, 1.807) is 36.9 Å². The van der Waals surface area contributed by atoms with Crippen LogP contribution in [0.5, 0.6) is 0 Å². The van der Waals surface area contributed by atoms with Crippen molar-refractivity contribution in [2.45, 2.75) is 23.5 Å². The third-order valence-electron chi connectivity index (χ3n) is 3.85. The molecular formula is C20H18Cl2N2O3S2. The highest BCUT2D eigenvalue weighted by Crippen LogP contribution is 2.41. The van der Waals surface area contributed by atoms with Crippen LogP contribution in [0.1, 0.15) is 13.3 Å². The lowest BCUT2D eigenvalue weighted by Crippen LogP contribution is -2.24. The summed E-state index contributed by atoms with van der Waals surface area (Å²) in [5, 5.41) is 4.16. The third-order valence-corrected chi connectivity index (χ3v) is 6.90. The minimum atomic E-state index is -0.282. The van der Waals surface area contributed by atoms with E-state index in [1.807, 2.05) is 24.3 Å².